The molecule has 0 aromatic heterocycles. The molecule has 0 bridgehead atoms. The highest BCUT2D eigenvalue weighted by Gasteiger charge is 2.50. The van der Waals surface area contributed by atoms with Crippen molar-refractivity contribution in [3.8, 4) is 5.75 Å². The van der Waals surface area contributed by atoms with Crippen molar-refractivity contribution in [2.75, 3.05) is 37.1 Å². The van der Waals surface area contributed by atoms with E-state index in [0.29, 0.717) is 11.8 Å². The maximum atomic E-state index is 12.7. The number of methoxy groups -OCH3 is 1. The van der Waals surface area contributed by atoms with Crippen LogP contribution in [0.15, 0.2) is 54.6 Å². The number of nitrogens with zero attached hydrogens (tertiary/aromatic N) is 2. The van der Waals surface area contributed by atoms with Gasteiger partial charge in [-0.3, -0.25) is 4.79 Å². The molecule has 4 rings (SSSR count). The predicted octanol–water partition coefficient (Wildman–Crippen LogP) is 2.82. The van der Waals surface area contributed by atoms with Crippen LogP contribution in [0.1, 0.15) is 12.8 Å². The van der Waals surface area contributed by atoms with Crippen LogP contribution in [0.3, 0.4) is 0 Å². The van der Waals surface area contributed by atoms with Crippen LogP contribution in [0, 0.1) is 0 Å². The van der Waals surface area contributed by atoms with Gasteiger partial charge in [0.1, 0.15) is 11.3 Å². The average molecular weight is 397 g/mol. The number of rotatable bonds is 3. The zero-order valence-electron chi connectivity index (χ0n) is 15.9. The van der Waals surface area contributed by atoms with Crippen LogP contribution >= 0.6 is 12.2 Å². The normalized spacial score (nSPS) is 18.1. The number of carbonyl (C=O) groups excluding carboxylic acids is 1. The fourth-order valence-corrected chi connectivity index (χ4v) is 4.35. The zero-order chi connectivity index (χ0) is 19.6. The molecule has 28 heavy (non-hydrogen) atoms. The number of hydrogen-bond donors (Lipinski definition) is 2. The van der Waals surface area contributed by atoms with Crippen molar-refractivity contribution >= 4 is 34.6 Å². The Hall–Kier alpha value is -2.80. The van der Waals surface area contributed by atoms with Crippen molar-refractivity contribution in [2.45, 2.75) is 18.4 Å². The van der Waals surface area contributed by atoms with Gasteiger partial charge in [0.25, 0.3) is 0 Å². The van der Waals surface area contributed by atoms with E-state index in [1.165, 1.54) is 0 Å². The Labute approximate surface area is 170 Å². The van der Waals surface area contributed by atoms with Gasteiger partial charge < -0.3 is 25.2 Å². The number of para-hydroxylation sites is 3. The topological polar surface area (TPSA) is 56.8 Å². The van der Waals surface area contributed by atoms with Gasteiger partial charge >= 0.3 is 0 Å². The summed E-state index contributed by atoms with van der Waals surface area (Å²) in [6, 6.07) is 17.8. The summed E-state index contributed by atoms with van der Waals surface area (Å²) in [5, 5.41) is 6.97. The van der Waals surface area contributed by atoms with Crippen molar-refractivity contribution in [3.63, 3.8) is 0 Å². The molecule has 2 aromatic carbocycles. The third-order valence-corrected chi connectivity index (χ3v) is 5.99. The lowest BCUT2D eigenvalue weighted by Crippen LogP contribution is -2.57. The van der Waals surface area contributed by atoms with Gasteiger partial charge in [0.05, 0.1) is 19.5 Å². The second kappa shape index (κ2) is 7.67. The second-order valence-corrected chi connectivity index (χ2v) is 7.46. The van der Waals surface area contributed by atoms with E-state index in [4.69, 9.17) is 17.0 Å². The van der Waals surface area contributed by atoms with Gasteiger partial charge in [0, 0.05) is 18.8 Å². The standard InChI is InChI=1S/C21H24N4O2S/c1-27-18-10-6-5-9-17(18)23-20(28)24-13-11-21(12-14-24)19(26)22-15-25(21)16-7-3-2-4-8-16/h2-10H,11-15H2,1H3,(H,22,26)(H,23,28). The van der Waals surface area contributed by atoms with Gasteiger partial charge in [-0.25, -0.2) is 0 Å². The second-order valence-electron chi connectivity index (χ2n) is 7.08. The van der Waals surface area contributed by atoms with Crippen LogP contribution in [0.25, 0.3) is 0 Å². The number of amides is 1. The lowest BCUT2D eigenvalue weighted by atomic mass is 9.86. The molecule has 0 unspecified atom stereocenters. The quantitative estimate of drug-likeness (QED) is 0.778. The van der Waals surface area contributed by atoms with E-state index in [2.05, 4.69) is 32.6 Å². The van der Waals surface area contributed by atoms with Gasteiger partial charge in [-0.05, 0) is 49.3 Å². The maximum absolute atomic E-state index is 12.7. The van der Waals surface area contributed by atoms with Gasteiger partial charge in [0.15, 0.2) is 5.11 Å². The number of piperidine rings is 1. The number of nitrogens with one attached hydrogen (secondary N) is 2. The highest BCUT2D eigenvalue weighted by Crippen LogP contribution is 2.36. The van der Waals surface area contributed by atoms with Crippen molar-refractivity contribution in [3.05, 3.63) is 54.6 Å². The summed E-state index contributed by atoms with van der Waals surface area (Å²) >= 11 is 5.62. The summed E-state index contributed by atoms with van der Waals surface area (Å²) < 4.78 is 5.39. The van der Waals surface area contributed by atoms with Crippen LogP contribution in [0.5, 0.6) is 5.75 Å². The molecule has 2 saturated heterocycles. The number of ether oxygens (including phenoxy) is 1. The van der Waals surface area contributed by atoms with Crippen molar-refractivity contribution in [2.24, 2.45) is 0 Å². The average Bonchev–Trinajstić information content (AvgIpc) is 3.05. The van der Waals surface area contributed by atoms with Crippen LogP contribution in [0.4, 0.5) is 11.4 Å². The highest BCUT2D eigenvalue weighted by molar-refractivity contribution is 7.80. The largest absolute Gasteiger partial charge is 0.495 e. The summed E-state index contributed by atoms with van der Waals surface area (Å²) in [7, 11) is 1.64. The molecular formula is C21H24N4O2S. The van der Waals surface area contributed by atoms with E-state index in [9.17, 15) is 4.79 Å². The minimum Gasteiger partial charge on any atom is -0.495 e. The highest BCUT2D eigenvalue weighted by atomic mass is 32.1. The minimum absolute atomic E-state index is 0.111. The number of benzene rings is 2. The van der Waals surface area contributed by atoms with E-state index < -0.39 is 5.54 Å². The molecular weight excluding hydrogens is 372 g/mol. The summed E-state index contributed by atoms with van der Waals surface area (Å²) in [5.41, 5.74) is 1.42. The fourth-order valence-electron chi connectivity index (χ4n) is 4.05. The molecule has 0 atom stereocenters. The molecule has 146 valence electrons. The molecule has 2 N–H and O–H groups in total. The molecule has 0 saturated carbocycles. The van der Waals surface area contributed by atoms with Crippen molar-refractivity contribution in [1.82, 2.24) is 10.2 Å². The molecule has 0 aliphatic carbocycles. The van der Waals surface area contributed by atoms with Crippen molar-refractivity contribution in [1.29, 1.82) is 0 Å². The molecule has 0 radical (unpaired) electrons. The first-order valence-electron chi connectivity index (χ1n) is 9.44. The van der Waals surface area contributed by atoms with Gasteiger partial charge in [-0.2, -0.15) is 0 Å². The monoisotopic (exact) mass is 396 g/mol. The molecule has 2 aliphatic rings. The van der Waals surface area contributed by atoms with Crippen LogP contribution in [0.2, 0.25) is 0 Å². The number of likely N-dealkylation sites (tertiary alicyclic amines) is 1. The Kier molecular flexibility index (Phi) is 5.09. The van der Waals surface area contributed by atoms with Crippen LogP contribution < -0.4 is 20.3 Å². The van der Waals surface area contributed by atoms with E-state index in [-0.39, 0.29) is 5.91 Å². The summed E-state index contributed by atoms with van der Waals surface area (Å²) in [6.45, 7) is 1.99. The number of hydrogen-bond acceptors (Lipinski definition) is 4. The SMILES string of the molecule is COc1ccccc1NC(=S)N1CCC2(CC1)C(=O)NCN2c1ccccc1. The maximum Gasteiger partial charge on any atom is 0.247 e. The Bertz CT molecular complexity index is 866. The summed E-state index contributed by atoms with van der Waals surface area (Å²) in [5.74, 6) is 0.864. The number of thiocarbonyl (C=S) groups is 1. The minimum atomic E-state index is -0.502. The van der Waals surface area contributed by atoms with Crippen LogP contribution in [-0.2, 0) is 4.79 Å². The first-order valence-corrected chi connectivity index (χ1v) is 9.85. The smallest absolute Gasteiger partial charge is 0.247 e. The molecule has 1 amide bonds. The fraction of sp³-hybridized carbons (Fsp3) is 0.333. The first-order chi connectivity index (χ1) is 13.6. The van der Waals surface area contributed by atoms with Crippen molar-refractivity contribution < 1.29 is 9.53 Å². The number of carbonyl (C=O) groups is 1. The molecule has 2 aliphatic heterocycles. The summed E-state index contributed by atoms with van der Waals surface area (Å²) in [6.07, 6.45) is 1.45. The third-order valence-electron chi connectivity index (χ3n) is 5.63. The Morgan fingerprint density at radius 3 is 2.50 bits per heavy atom. The Balaban J connectivity index is 1.46. The molecule has 7 heteroatoms. The van der Waals surface area contributed by atoms with Crippen LogP contribution in [-0.4, -0.2) is 48.3 Å². The van der Waals surface area contributed by atoms with E-state index in [1.54, 1.807) is 7.11 Å². The predicted molar refractivity (Wildman–Crippen MR) is 115 cm³/mol. The lowest BCUT2D eigenvalue weighted by molar-refractivity contribution is -0.124. The summed E-state index contributed by atoms with van der Waals surface area (Å²) in [4.78, 5) is 17.1. The number of anilines is 2. The van der Waals surface area contributed by atoms with E-state index >= 15 is 0 Å². The van der Waals surface area contributed by atoms with Gasteiger partial charge in [-0.1, -0.05) is 30.3 Å². The molecule has 1 spiro atoms. The van der Waals surface area contributed by atoms with Gasteiger partial charge in [0.2, 0.25) is 5.91 Å². The molecule has 2 aromatic rings. The third kappa shape index (κ3) is 3.26. The zero-order valence-corrected chi connectivity index (χ0v) is 16.7. The first kappa shape index (κ1) is 18.6. The van der Waals surface area contributed by atoms with E-state index in [0.717, 1.165) is 43.1 Å². The molecule has 2 fully saturated rings. The van der Waals surface area contributed by atoms with Gasteiger partial charge in [-0.15, -0.1) is 0 Å². The van der Waals surface area contributed by atoms with E-state index in [1.807, 2.05) is 42.5 Å². The lowest BCUT2D eigenvalue weighted by Gasteiger charge is -2.44. The Morgan fingerprint density at radius 1 is 1.11 bits per heavy atom. The Morgan fingerprint density at radius 2 is 1.79 bits per heavy atom. The molecule has 2 heterocycles. The molecule has 6 nitrogen and oxygen atoms in total.